The highest BCUT2D eigenvalue weighted by molar-refractivity contribution is 9.11. The average Bonchev–Trinajstić information content (AvgIpc) is 2.65. The van der Waals surface area contributed by atoms with Crippen LogP contribution in [0.4, 0.5) is 0 Å². The molecule has 0 atom stereocenters. The van der Waals surface area contributed by atoms with Gasteiger partial charge in [0.2, 0.25) is 0 Å². The smallest absolute Gasteiger partial charge is 0.179 e. The maximum atomic E-state index is 5.06. The Morgan fingerprint density at radius 1 is 1.29 bits per heavy atom. The molecule has 5 heteroatoms. The maximum absolute atomic E-state index is 5.06. The maximum Gasteiger partial charge on any atom is 0.179 e. The van der Waals surface area contributed by atoms with Gasteiger partial charge in [0.25, 0.3) is 0 Å². The van der Waals surface area contributed by atoms with Crippen LogP contribution in [0.15, 0.2) is 28.2 Å². The molecule has 2 aromatic rings. The fraction of sp³-hybridized carbons (Fsp3) is 0.111. The lowest BCUT2D eigenvalue weighted by Gasteiger charge is -1.99. The van der Waals surface area contributed by atoms with E-state index >= 15 is 0 Å². The molecule has 2 rings (SSSR count). The van der Waals surface area contributed by atoms with Gasteiger partial charge < -0.3 is 4.74 Å². The van der Waals surface area contributed by atoms with E-state index in [1.165, 1.54) is 11.5 Å². The van der Waals surface area contributed by atoms with Crippen molar-refractivity contribution in [3.8, 4) is 17.1 Å². The average molecular weight is 271 g/mol. The fourth-order valence-corrected chi connectivity index (χ4v) is 1.88. The van der Waals surface area contributed by atoms with Crippen LogP contribution in [-0.4, -0.2) is 16.5 Å². The molecule has 0 aliphatic carbocycles. The molecule has 72 valence electrons. The summed E-state index contributed by atoms with van der Waals surface area (Å²) in [5.41, 5.74) is 0.993. The van der Waals surface area contributed by atoms with Crippen LogP contribution in [0.5, 0.6) is 5.75 Å². The third-order valence-electron chi connectivity index (χ3n) is 1.75. The van der Waals surface area contributed by atoms with E-state index in [0.717, 1.165) is 21.1 Å². The van der Waals surface area contributed by atoms with Crippen LogP contribution in [0.3, 0.4) is 0 Å². The van der Waals surface area contributed by atoms with Crippen molar-refractivity contribution in [3.63, 3.8) is 0 Å². The number of hydrogen-bond donors (Lipinski definition) is 0. The third-order valence-corrected chi connectivity index (χ3v) is 2.87. The van der Waals surface area contributed by atoms with E-state index in [-0.39, 0.29) is 0 Å². The van der Waals surface area contributed by atoms with E-state index in [9.17, 15) is 0 Å². The first kappa shape index (κ1) is 9.61. The van der Waals surface area contributed by atoms with Gasteiger partial charge >= 0.3 is 0 Å². The number of aromatic nitrogens is 2. The quantitative estimate of drug-likeness (QED) is 0.842. The third kappa shape index (κ3) is 1.93. The normalized spacial score (nSPS) is 10.1. The van der Waals surface area contributed by atoms with Crippen molar-refractivity contribution in [2.24, 2.45) is 0 Å². The van der Waals surface area contributed by atoms with Crippen molar-refractivity contribution in [1.82, 2.24) is 9.36 Å². The molecule has 0 radical (unpaired) electrons. The Kier molecular flexibility index (Phi) is 2.79. The molecule has 1 heterocycles. The van der Waals surface area contributed by atoms with Crippen LogP contribution in [0.1, 0.15) is 0 Å². The molecule has 0 aliphatic rings. The lowest BCUT2D eigenvalue weighted by atomic mass is 10.2. The van der Waals surface area contributed by atoms with Crippen molar-refractivity contribution in [1.29, 1.82) is 0 Å². The number of benzene rings is 1. The molecule has 0 fully saturated rings. The van der Waals surface area contributed by atoms with Gasteiger partial charge in [-0.25, -0.2) is 4.98 Å². The van der Waals surface area contributed by atoms with Crippen molar-refractivity contribution < 1.29 is 4.74 Å². The zero-order chi connectivity index (χ0) is 9.97. The molecule has 14 heavy (non-hydrogen) atoms. The van der Waals surface area contributed by atoms with E-state index in [1.807, 2.05) is 24.3 Å². The minimum Gasteiger partial charge on any atom is -0.497 e. The predicted molar refractivity (Wildman–Crippen MR) is 59.6 cm³/mol. The van der Waals surface area contributed by atoms with Gasteiger partial charge in [0, 0.05) is 5.56 Å². The van der Waals surface area contributed by atoms with Gasteiger partial charge in [0.05, 0.1) is 7.11 Å². The summed E-state index contributed by atoms with van der Waals surface area (Å²) in [5.74, 6) is 1.58. The standard InChI is InChI=1S/C9H7BrN2OS/c1-13-7-4-2-6(3-5-7)8-11-9(10)14-12-8/h2-5H,1H3. The molecular weight excluding hydrogens is 264 g/mol. The molecule has 0 saturated heterocycles. The van der Waals surface area contributed by atoms with Crippen molar-refractivity contribution in [2.45, 2.75) is 0 Å². The Morgan fingerprint density at radius 2 is 2.00 bits per heavy atom. The summed E-state index contributed by atoms with van der Waals surface area (Å²) in [6.07, 6.45) is 0. The molecule has 0 bridgehead atoms. The van der Waals surface area contributed by atoms with Gasteiger partial charge in [-0.15, -0.1) is 0 Å². The zero-order valence-electron chi connectivity index (χ0n) is 7.40. The highest BCUT2D eigenvalue weighted by atomic mass is 79.9. The molecule has 0 saturated carbocycles. The monoisotopic (exact) mass is 270 g/mol. The van der Waals surface area contributed by atoms with E-state index in [2.05, 4.69) is 25.3 Å². The SMILES string of the molecule is COc1ccc(-c2nsc(Br)n2)cc1. The Morgan fingerprint density at radius 3 is 2.50 bits per heavy atom. The Labute approximate surface area is 94.1 Å². The highest BCUT2D eigenvalue weighted by Crippen LogP contribution is 2.23. The topological polar surface area (TPSA) is 35.0 Å². The lowest BCUT2D eigenvalue weighted by molar-refractivity contribution is 0.415. The molecule has 0 N–H and O–H groups in total. The molecule has 0 unspecified atom stereocenters. The first-order chi connectivity index (χ1) is 6.79. The van der Waals surface area contributed by atoms with Crippen molar-refractivity contribution >= 4 is 27.5 Å². The molecular formula is C9H7BrN2OS. The number of halogens is 1. The second-order valence-electron chi connectivity index (χ2n) is 2.60. The summed E-state index contributed by atoms with van der Waals surface area (Å²) < 4.78 is 10.0. The van der Waals surface area contributed by atoms with Gasteiger partial charge in [-0.1, -0.05) is 0 Å². The van der Waals surface area contributed by atoms with Gasteiger partial charge in [-0.2, -0.15) is 4.37 Å². The Balaban J connectivity index is 2.33. The van der Waals surface area contributed by atoms with E-state index in [1.54, 1.807) is 7.11 Å². The van der Waals surface area contributed by atoms with E-state index in [4.69, 9.17) is 4.74 Å². The van der Waals surface area contributed by atoms with Gasteiger partial charge in [0.1, 0.15) is 5.75 Å². The lowest BCUT2D eigenvalue weighted by Crippen LogP contribution is -1.83. The highest BCUT2D eigenvalue weighted by Gasteiger charge is 2.04. The van der Waals surface area contributed by atoms with Crippen LogP contribution < -0.4 is 4.74 Å². The largest absolute Gasteiger partial charge is 0.497 e. The predicted octanol–water partition coefficient (Wildman–Crippen LogP) is 2.98. The summed E-state index contributed by atoms with van der Waals surface area (Å²) in [4.78, 5) is 4.22. The van der Waals surface area contributed by atoms with Crippen molar-refractivity contribution in [3.05, 3.63) is 28.2 Å². The van der Waals surface area contributed by atoms with Gasteiger partial charge in [0.15, 0.2) is 9.74 Å². The Hall–Kier alpha value is -0.940. The van der Waals surface area contributed by atoms with Gasteiger partial charge in [-0.05, 0) is 51.7 Å². The minimum atomic E-state index is 0.740. The second-order valence-corrected chi connectivity index (χ2v) is 4.63. The molecule has 1 aromatic carbocycles. The molecule has 1 aromatic heterocycles. The molecule has 0 spiro atoms. The van der Waals surface area contributed by atoms with Crippen LogP contribution >= 0.6 is 27.5 Å². The van der Waals surface area contributed by atoms with Gasteiger partial charge in [-0.3, -0.25) is 0 Å². The summed E-state index contributed by atoms with van der Waals surface area (Å²) in [6, 6.07) is 7.66. The number of hydrogen-bond acceptors (Lipinski definition) is 4. The van der Waals surface area contributed by atoms with Crippen LogP contribution in [0.25, 0.3) is 11.4 Å². The molecule has 0 aliphatic heterocycles. The molecule has 3 nitrogen and oxygen atoms in total. The summed E-state index contributed by atoms with van der Waals surface area (Å²) in [5, 5.41) is 0. The summed E-state index contributed by atoms with van der Waals surface area (Å²) in [6.45, 7) is 0. The number of rotatable bonds is 2. The van der Waals surface area contributed by atoms with Crippen LogP contribution in [0.2, 0.25) is 0 Å². The number of nitrogens with zero attached hydrogens (tertiary/aromatic N) is 2. The second kappa shape index (κ2) is 4.06. The van der Waals surface area contributed by atoms with E-state index in [0.29, 0.717) is 0 Å². The number of methoxy groups -OCH3 is 1. The first-order valence-electron chi connectivity index (χ1n) is 3.93. The number of ether oxygens (including phenoxy) is 1. The zero-order valence-corrected chi connectivity index (χ0v) is 9.80. The minimum absolute atomic E-state index is 0.740. The first-order valence-corrected chi connectivity index (χ1v) is 5.50. The van der Waals surface area contributed by atoms with Crippen molar-refractivity contribution in [2.75, 3.05) is 7.11 Å². The van der Waals surface area contributed by atoms with Crippen LogP contribution in [-0.2, 0) is 0 Å². The summed E-state index contributed by atoms with van der Waals surface area (Å²) >= 11 is 4.61. The Bertz CT molecular complexity index is 427. The van der Waals surface area contributed by atoms with Crippen LogP contribution in [0, 0.1) is 0 Å². The molecule has 0 amide bonds. The fourth-order valence-electron chi connectivity index (χ4n) is 1.06. The van der Waals surface area contributed by atoms with E-state index < -0.39 is 0 Å². The summed E-state index contributed by atoms with van der Waals surface area (Å²) in [7, 11) is 1.65.